The Hall–Kier alpha value is -1.93. The first-order chi connectivity index (χ1) is 12.1. The number of nitrogens with one attached hydrogen (secondary N) is 1. The Morgan fingerprint density at radius 2 is 2.12 bits per heavy atom. The number of methoxy groups -OCH3 is 2. The first-order valence-electron chi connectivity index (χ1n) is 7.80. The fraction of sp³-hybridized carbons (Fsp3) is 0.353. The van der Waals surface area contributed by atoms with E-state index in [4.69, 9.17) is 9.47 Å². The zero-order chi connectivity index (χ0) is 18.2. The van der Waals surface area contributed by atoms with E-state index in [0.717, 1.165) is 34.3 Å². The van der Waals surface area contributed by atoms with Gasteiger partial charge in [-0.1, -0.05) is 24.7 Å². The maximum Gasteiger partial charge on any atom is 0.250 e. The summed E-state index contributed by atoms with van der Waals surface area (Å²) in [5.41, 5.74) is 0.806. The zero-order valence-corrected chi connectivity index (χ0v) is 16.7. The number of nitrogens with zero attached hydrogens (tertiary/aromatic N) is 2. The van der Waals surface area contributed by atoms with Gasteiger partial charge in [0.2, 0.25) is 11.0 Å². The predicted octanol–water partition coefficient (Wildman–Crippen LogP) is 4.31. The van der Waals surface area contributed by atoms with Crippen molar-refractivity contribution in [1.29, 1.82) is 0 Å². The molecular formula is C17H20BrN3O3S. The zero-order valence-electron chi connectivity index (χ0n) is 14.3. The summed E-state index contributed by atoms with van der Waals surface area (Å²) in [5.74, 6) is 0.934. The Morgan fingerprint density at radius 3 is 2.80 bits per heavy atom. The van der Waals surface area contributed by atoms with E-state index in [1.54, 1.807) is 26.4 Å². The molecule has 0 aliphatic carbocycles. The second-order valence-corrected chi connectivity index (χ2v) is 7.08. The molecule has 0 aliphatic rings. The highest BCUT2D eigenvalue weighted by Gasteiger charge is 2.10. The van der Waals surface area contributed by atoms with Gasteiger partial charge in [-0.05, 0) is 46.1 Å². The average Bonchev–Trinajstić information content (AvgIpc) is 3.04. The topological polar surface area (TPSA) is 73.3 Å². The maximum atomic E-state index is 12.0. The number of halogens is 1. The van der Waals surface area contributed by atoms with E-state index < -0.39 is 0 Å². The number of carbonyl (C=O) groups is 1. The van der Waals surface area contributed by atoms with Crippen LogP contribution in [0.1, 0.15) is 30.3 Å². The first kappa shape index (κ1) is 19.4. The number of hydrogen-bond donors (Lipinski definition) is 1. The molecule has 0 atom stereocenters. The molecule has 6 nitrogen and oxygen atoms in total. The van der Waals surface area contributed by atoms with Crippen molar-refractivity contribution in [3.63, 3.8) is 0 Å². The van der Waals surface area contributed by atoms with E-state index in [0.29, 0.717) is 16.6 Å². The molecule has 1 amide bonds. The van der Waals surface area contributed by atoms with Gasteiger partial charge >= 0.3 is 0 Å². The first-order valence-corrected chi connectivity index (χ1v) is 9.41. The molecule has 0 unspecified atom stereocenters. The molecule has 0 fully saturated rings. The van der Waals surface area contributed by atoms with E-state index >= 15 is 0 Å². The third kappa shape index (κ3) is 5.54. The van der Waals surface area contributed by atoms with E-state index in [9.17, 15) is 4.79 Å². The maximum absolute atomic E-state index is 12.0. The number of anilines is 1. The molecule has 1 N–H and O–H groups in total. The van der Waals surface area contributed by atoms with Crippen LogP contribution in [0, 0.1) is 0 Å². The highest BCUT2D eigenvalue weighted by molar-refractivity contribution is 9.10. The monoisotopic (exact) mass is 425 g/mol. The number of rotatable bonds is 8. The average molecular weight is 426 g/mol. The van der Waals surface area contributed by atoms with Gasteiger partial charge < -0.3 is 9.47 Å². The van der Waals surface area contributed by atoms with E-state index in [2.05, 4.69) is 38.4 Å². The number of aryl methyl sites for hydroxylation is 1. The summed E-state index contributed by atoms with van der Waals surface area (Å²) in [5, 5.41) is 12.2. The van der Waals surface area contributed by atoms with Crippen LogP contribution in [-0.2, 0) is 11.2 Å². The van der Waals surface area contributed by atoms with Gasteiger partial charge in [-0.2, -0.15) is 0 Å². The molecule has 0 aliphatic heterocycles. The van der Waals surface area contributed by atoms with Crippen molar-refractivity contribution in [1.82, 2.24) is 10.2 Å². The standard InChI is InChI=1S/C17H20BrN3O3S/c1-4-5-6-15-20-21-17(25-15)19-14(22)8-7-11-9-12(18)16(24-3)13(10-11)23-2/h7-10H,4-6H2,1-3H3,(H,19,21,22)/b8-7+. The smallest absolute Gasteiger partial charge is 0.250 e. The van der Waals surface area contributed by atoms with Crippen LogP contribution in [-0.4, -0.2) is 30.3 Å². The molecule has 2 aromatic rings. The largest absolute Gasteiger partial charge is 0.493 e. The van der Waals surface area contributed by atoms with Gasteiger partial charge in [0.1, 0.15) is 5.01 Å². The van der Waals surface area contributed by atoms with Crippen molar-refractivity contribution < 1.29 is 14.3 Å². The van der Waals surface area contributed by atoms with Crippen LogP contribution in [0.4, 0.5) is 5.13 Å². The Bertz CT molecular complexity index is 762. The molecule has 25 heavy (non-hydrogen) atoms. The summed E-state index contributed by atoms with van der Waals surface area (Å²) in [6, 6.07) is 3.64. The quantitative estimate of drug-likeness (QED) is 0.637. The Balaban J connectivity index is 2.02. The summed E-state index contributed by atoms with van der Waals surface area (Å²) >= 11 is 4.83. The Kier molecular flexibility index (Phi) is 7.39. The van der Waals surface area contributed by atoms with Crippen molar-refractivity contribution in [3.05, 3.63) is 33.3 Å². The summed E-state index contributed by atoms with van der Waals surface area (Å²) < 4.78 is 11.3. The molecule has 0 radical (unpaired) electrons. The predicted molar refractivity (Wildman–Crippen MR) is 103 cm³/mol. The fourth-order valence-electron chi connectivity index (χ4n) is 2.09. The van der Waals surface area contributed by atoms with Crippen LogP contribution in [0.2, 0.25) is 0 Å². The Labute approximate surface area is 159 Å². The third-order valence-corrected chi connectivity index (χ3v) is 4.81. The molecule has 0 bridgehead atoms. The van der Waals surface area contributed by atoms with E-state index in [-0.39, 0.29) is 5.91 Å². The number of amides is 1. The molecule has 0 saturated carbocycles. The Morgan fingerprint density at radius 1 is 1.32 bits per heavy atom. The summed E-state index contributed by atoms with van der Waals surface area (Å²) in [6.45, 7) is 2.13. The van der Waals surface area contributed by atoms with Crippen LogP contribution in [0.3, 0.4) is 0 Å². The molecule has 1 aromatic heterocycles. The van der Waals surface area contributed by atoms with Gasteiger partial charge in [0.25, 0.3) is 0 Å². The number of ether oxygens (including phenoxy) is 2. The van der Waals surface area contributed by atoms with Gasteiger partial charge in [0.05, 0.1) is 18.7 Å². The van der Waals surface area contributed by atoms with Gasteiger partial charge in [-0.3, -0.25) is 10.1 Å². The van der Waals surface area contributed by atoms with E-state index in [1.807, 2.05) is 6.07 Å². The lowest BCUT2D eigenvalue weighted by Crippen LogP contribution is -2.07. The van der Waals surface area contributed by atoms with Crippen molar-refractivity contribution >= 4 is 44.4 Å². The van der Waals surface area contributed by atoms with Gasteiger partial charge in [0, 0.05) is 12.5 Å². The van der Waals surface area contributed by atoms with Gasteiger partial charge in [0.15, 0.2) is 11.5 Å². The SMILES string of the molecule is CCCCc1nnc(NC(=O)/C=C/c2cc(Br)c(OC)c(OC)c2)s1. The molecule has 0 spiro atoms. The molecule has 1 heterocycles. The third-order valence-electron chi connectivity index (χ3n) is 3.32. The molecule has 2 rings (SSSR count). The summed E-state index contributed by atoms with van der Waals surface area (Å²) in [4.78, 5) is 12.0. The normalized spacial score (nSPS) is 10.9. The molecule has 1 aromatic carbocycles. The van der Waals surface area contributed by atoms with Crippen LogP contribution in [0.25, 0.3) is 6.08 Å². The number of carbonyl (C=O) groups excluding carboxylic acids is 1. The molecular weight excluding hydrogens is 406 g/mol. The number of unbranched alkanes of at least 4 members (excludes halogenated alkanes) is 1. The lowest BCUT2D eigenvalue weighted by molar-refractivity contribution is -0.111. The van der Waals surface area contributed by atoms with Crippen LogP contribution >= 0.6 is 27.3 Å². The second kappa shape index (κ2) is 9.53. The highest BCUT2D eigenvalue weighted by Crippen LogP contribution is 2.36. The summed E-state index contributed by atoms with van der Waals surface area (Å²) in [7, 11) is 3.14. The minimum Gasteiger partial charge on any atom is -0.493 e. The summed E-state index contributed by atoms with van der Waals surface area (Å²) in [6.07, 6.45) is 6.20. The van der Waals surface area contributed by atoms with Crippen LogP contribution < -0.4 is 14.8 Å². The number of aromatic nitrogens is 2. The van der Waals surface area contributed by atoms with E-state index in [1.165, 1.54) is 17.4 Å². The molecule has 8 heteroatoms. The van der Waals surface area contributed by atoms with Crippen LogP contribution in [0.15, 0.2) is 22.7 Å². The van der Waals surface area contributed by atoms with Crippen molar-refractivity contribution in [2.45, 2.75) is 26.2 Å². The second-order valence-electron chi connectivity index (χ2n) is 5.17. The van der Waals surface area contributed by atoms with Crippen molar-refractivity contribution in [2.24, 2.45) is 0 Å². The lowest BCUT2D eigenvalue weighted by Gasteiger charge is -2.10. The molecule has 134 valence electrons. The highest BCUT2D eigenvalue weighted by atomic mass is 79.9. The number of hydrogen-bond acceptors (Lipinski definition) is 6. The van der Waals surface area contributed by atoms with Gasteiger partial charge in [-0.15, -0.1) is 10.2 Å². The molecule has 0 saturated heterocycles. The fourth-order valence-corrected chi connectivity index (χ4v) is 3.49. The van der Waals surface area contributed by atoms with Crippen LogP contribution in [0.5, 0.6) is 11.5 Å². The van der Waals surface area contributed by atoms with Crippen molar-refractivity contribution in [2.75, 3.05) is 19.5 Å². The minimum atomic E-state index is -0.260. The van der Waals surface area contributed by atoms with Crippen molar-refractivity contribution in [3.8, 4) is 11.5 Å². The minimum absolute atomic E-state index is 0.260. The number of benzene rings is 1. The van der Waals surface area contributed by atoms with Gasteiger partial charge in [-0.25, -0.2) is 0 Å². The lowest BCUT2D eigenvalue weighted by atomic mass is 10.2.